The van der Waals surface area contributed by atoms with Gasteiger partial charge in [-0.25, -0.2) is 0 Å². The predicted octanol–water partition coefficient (Wildman–Crippen LogP) is 11.7. The van der Waals surface area contributed by atoms with Crippen LogP contribution in [0.1, 0.15) is 154 Å². The monoisotopic (exact) mass is 516 g/mol. The van der Waals surface area contributed by atoms with Crippen molar-refractivity contribution in [1.29, 1.82) is 0 Å². The Morgan fingerprint density at radius 2 is 0.658 bits per heavy atom. The van der Waals surface area contributed by atoms with Crippen LogP contribution in [-0.2, 0) is 12.8 Å². The Balaban J connectivity index is 1.42. The molecule has 2 heteroatoms. The lowest BCUT2D eigenvalue weighted by atomic mass is 10.0. The molecule has 0 saturated carbocycles. The Labute approximate surface area is 234 Å². The minimum absolute atomic E-state index is 1.08. The summed E-state index contributed by atoms with van der Waals surface area (Å²) in [6, 6.07) is 13.4. The third-order valence-corrected chi connectivity index (χ3v) is 8.21. The molecule has 0 unspecified atom stereocenters. The van der Waals surface area contributed by atoms with Crippen LogP contribution in [0, 0.1) is 0 Å². The number of pyridine rings is 2. The number of rotatable bonds is 22. The van der Waals surface area contributed by atoms with Crippen LogP contribution in [-0.4, -0.2) is 9.97 Å². The van der Waals surface area contributed by atoms with Crippen molar-refractivity contribution in [2.45, 2.75) is 155 Å². The van der Waals surface area contributed by atoms with Gasteiger partial charge in [0.1, 0.15) is 0 Å². The van der Waals surface area contributed by atoms with Gasteiger partial charge in [0.2, 0.25) is 0 Å². The van der Waals surface area contributed by atoms with Crippen LogP contribution >= 0.6 is 0 Å². The smallest absolute Gasteiger partial charge is 0.0967 e. The first kappa shape index (κ1) is 30.6. The third-order valence-electron chi connectivity index (χ3n) is 8.21. The number of benzene rings is 1. The minimum Gasteiger partial charge on any atom is -0.251 e. The summed E-state index contributed by atoms with van der Waals surface area (Å²) in [6.45, 7) is 4.58. The molecule has 1 aromatic carbocycles. The average molecular weight is 517 g/mol. The van der Waals surface area contributed by atoms with Gasteiger partial charge in [0.25, 0.3) is 0 Å². The van der Waals surface area contributed by atoms with Crippen LogP contribution in [0.15, 0.2) is 36.4 Å². The van der Waals surface area contributed by atoms with Gasteiger partial charge in [-0.05, 0) is 37.8 Å². The van der Waals surface area contributed by atoms with Gasteiger partial charge >= 0.3 is 0 Å². The number of unbranched alkanes of at least 4 members (excludes halogenated alkanes) is 18. The number of fused-ring (bicyclic) bond motifs is 3. The largest absolute Gasteiger partial charge is 0.251 e. The summed E-state index contributed by atoms with van der Waals surface area (Å²) >= 11 is 0. The fraction of sp³-hybridized carbons (Fsp3) is 0.667. The number of aromatic nitrogens is 2. The van der Waals surface area contributed by atoms with Gasteiger partial charge in [-0.15, -0.1) is 0 Å². The molecular weight excluding hydrogens is 460 g/mol. The Kier molecular flexibility index (Phi) is 15.4. The van der Waals surface area contributed by atoms with Gasteiger partial charge in [0, 0.05) is 22.2 Å². The number of nitrogens with zero attached hydrogens (tertiary/aromatic N) is 2. The van der Waals surface area contributed by atoms with E-state index in [4.69, 9.17) is 9.97 Å². The van der Waals surface area contributed by atoms with Crippen molar-refractivity contribution in [1.82, 2.24) is 9.97 Å². The van der Waals surface area contributed by atoms with E-state index < -0.39 is 0 Å². The summed E-state index contributed by atoms with van der Waals surface area (Å²) in [4.78, 5) is 10.2. The lowest BCUT2D eigenvalue weighted by Crippen LogP contribution is -1.96. The predicted molar refractivity (Wildman–Crippen MR) is 168 cm³/mol. The quantitative estimate of drug-likeness (QED) is 0.0980. The zero-order chi connectivity index (χ0) is 26.7. The van der Waals surface area contributed by atoms with Crippen LogP contribution in [0.4, 0.5) is 0 Å². The minimum atomic E-state index is 1.08. The van der Waals surface area contributed by atoms with Crippen LogP contribution in [0.5, 0.6) is 0 Å². The van der Waals surface area contributed by atoms with Gasteiger partial charge in [0.15, 0.2) is 0 Å². The molecule has 0 fully saturated rings. The standard InChI is InChI=1S/C36H56N2/c1-3-5-7-9-11-13-15-17-19-21-23-33-29-27-31-25-26-32-28-30-34(38-36(32)35(31)37-33)24-22-20-18-16-14-12-10-8-6-4-2/h25-30H,3-24H2,1-2H3. The molecule has 0 amide bonds. The van der Waals surface area contributed by atoms with Crippen LogP contribution < -0.4 is 0 Å². The molecule has 0 aliphatic rings. The van der Waals surface area contributed by atoms with Crippen molar-refractivity contribution >= 4 is 21.8 Å². The van der Waals surface area contributed by atoms with Crippen LogP contribution in [0.25, 0.3) is 21.8 Å². The highest BCUT2D eigenvalue weighted by Crippen LogP contribution is 2.24. The van der Waals surface area contributed by atoms with E-state index in [-0.39, 0.29) is 0 Å². The zero-order valence-electron chi connectivity index (χ0n) is 24.9. The maximum absolute atomic E-state index is 5.11. The summed E-state index contributed by atoms with van der Waals surface area (Å²) in [5, 5.41) is 2.43. The molecule has 0 aliphatic carbocycles. The number of aryl methyl sites for hydroxylation is 2. The molecule has 3 rings (SSSR count). The van der Waals surface area contributed by atoms with E-state index in [1.165, 1.54) is 151 Å². The highest BCUT2D eigenvalue weighted by Gasteiger charge is 2.07. The molecule has 0 N–H and O–H groups in total. The van der Waals surface area contributed by atoms with Crippen molar-refractivity contribution in [3.8, 4) is 0 Å². The van der Waals surface area contributed by atoms with Crippen molar-refractivity contribution in [2.75, 3.05) is 0 Å². The SMILES string of the molecule is CCCCCCCCCCCCc1ccc2ccc3ccc(CCCCCCCCCCCC)nc3c2n1. The van der Waals surface area contributed by atoms with E-state index in [9.17, 15) is 0 Å². The molecule has 2 nitrogen and oxygen atoms in total. The summed E-state index contributed by atoms with van der Waals surface area (Å²) in [5.41, 5.74) is 4.65. The lowest BCUT2D eigenvalue weighted by Gasteiger charge is -2.08. The Morgan fingerprint density at radius 3 is 1.00 bits per heavy atom. The van der Waals surface area contributed by atoms with Gasteiger partial charge in [-0.3, -0.25) is 9.97 Å². The molecule has 0 aliphatic heterocycles. The normalized spacial score (nSPS) is 11.6. The molecule has 2 heterocycles. The molecule has 0 bridgehead atoms. The van der Waals surface area contributed by atoms with E-state index in [1.807, 2.05) is 0 Å². The first-order chi connectivity index (χ1) is 18.8. The highest BCUT2D eigenvalue weighted by atomic mass is 14.8. The molecule has 38 heavy (non-hydrogen) atoms. The van der Waals surface area contributed by atoms with Gasteiger partial charge in [-0.2, -0.15) is 0 Å². The van der Waals surface area contributed by atoms with E-state index in [2.05, 4.69) is 50.2 Å². The molecule has 2 aromatic heterocycles. The fourth-order valence-electron chi connectivity index (χ4n) is 5.71. The van der Waals surface area contributed by atoms with Gasteiger partial charge < -0.3 is 0 Å². The van der Waals surface area contributed by atoms with Gasteiger partial charge in [0.05, 0.1) is 11.0 Å². The number of hydrogen-bond acceptors (Lipinski definition) is 2. The molecule has 0 radical (unpaired) electrons. The first-order valence-corrected chi connectivity index (χ1v) is 16.5. The zero-order valence-corrected chi connectivity index (χ0v) is 24.9. The second-order valence-corrected chi connectivity index (χ2v) is 11.7. The lowest BCUT2D eigenvalue weighted by molar-refractivity contribution is 0.555. The van der Waals surface area contributed by atoms with E-state index in [0.29, 0.717) is 0 Å². The molecule has 0 saturated heterocycles. The van der Waals surface area contributed by atoms with Crippen molar-refractivity contribution in [2.24, 2.45) is 0 Å². The second-order valence-electron chi connectivity index (χ2n) is 11.7. The van der Waals surface area contributed by atoms with Crippen LogP contribution in [0.2, 0.25) is 0 Å². The molecule has 3 aromatic rings. The Morgan fingerprint density at radius 1 is 0.368 bits per heavy atom. The van der Waals surface area contributed by atoms with Crippen molar-refractivity contribution in [3.05, 3.63) is 47.8 Å². The maximum atomic E-state index is 5.11. The van der Waals surface area contributed by atoms with Crippen molar-refractivity contribution in [3.63, 3.8) is 0 Å². The fourth-order valence-corrected chi connectivity index (χ4v) is 5.71. The van der Waals surface area contributed by atoms with Gasteiger partial charge in [-0.1, -0.05) is 154 Å². The summed E-state index contributed by atoms with van der Waals surface area (Å²) in [5.74, 6) is 0. The van der Waals surface area contributed by atoms with E-state index in [1.54, 1.807) is 0 Å². The summed E-state index contributed by atoms with van der Waals surface area (Å²) in [7, 11) is 0. The van der Waals surface area contributed by atoms with Crippen molar-refractivity contribution < 1.29 is 0 Å². The van der Waals surface area contributed by atoms with E-state index in [0.717, 1.165) is 23.9 Å². The second kappa shape index (κ2) is 19.2. The molecule has 0 spiro atoms. The first-order valence-electron chi connectivity index (χ1n) is 16.5. The van der Waals surface area contributed by atoms with Crippen LogP contribution in [0.3, 0.4) is 0 Å². The highest BCUT2D eigenvalue weighted by molar-refractivity contribution is 6.02. The maximum Gasteiger partial charge on any atom is 0.0967 e. The number of hydrogen-bond donors (Lipinski definition) is 0. The molecule has 210 valence electrons. The third kappa shape index (κ3) is 11.4. The molecular formula is C36H56N2. The Bertz CT molecular complexity index is 942. The van der Waals surface area contributed by atoms with E-state index >= 15 is 0 Å². The Hall–Kier alpha value is -1.96. The molecule has 0 atom stereocenters. The summed E-state index contributed by atoms with van der Waals surface area (Å²) in [6.07, 6.45) is 29.7. The topological polar surface area (TPSA) is 25.8 Å². The summed E-state index contributed by atoms with van der Waals surface area (Å²) < 4.78 is 0. The average Bonchev–Trinajstić information content (AvgIpc) is 2.95.